The fourth-order valence-corrected chi connectivity index (χ4v) is 4.90. The molecule has 1 saturated heterocycles. The zero-order valence-corrected chi connectivity index (χ0v) is 17.1. The van der Waals surface area contributed by atoms with Crippen molar-refractivity contribution in [3.8, 4) is 17.6 Å². The quantitative estimate of drug-likeness (QED) is 0.765. The lowest BCUT2D eigenvalue weighted by Gasteiger charge is -2.42. The van der Waals surface area contributed by atoms with Crippen LogP contribution in [0.2, 0.25) is 0 Å². The van der Waals surface area contributed by atoms with Crippen molar-refractivity contribution in [3.05, 3.63) is 64.7 Å². The van der Waals surface area contributed by atoms with Crippen molar-refractivity contribution in [1.82, 2.24) is 4.90 Å². The first-order chi connectivity index (χ1) is 14.2. The number of benzene rings is 2. The Hall–Kier alpha value is -3.11. The van der Waals surface area contributed by atoms with Crippen LogP contribution in [0, 0.1) is 11.3 Å². The second-order valence-corrected chi connectivity index (χ2v) is 7.74. The van der Waals surface area contributed by atoms with Gasteiger partial charge in [-0.05, 0) is 18.2 Å². The molecule has 148 valence electrons. The number of hydrogen-bond acceptors (Lipinski definition) is 6. The third-order valence-electron chi connectivity index (χ3n) is 5.23. The van der Waals surface area contributed by atoms with Gasteiger partial charge in [-0.25, -0.2) is 0 Å². The van der Waals surface area contributed by atoms with E-state index in [9.17, 15) is 10.1 Å². The summed E-state index contributed by atoms with van der Waals surface area (Å²) in [6, 6.07) is 17.9. The molecule has 4 rings (SSSR count). The number of thioether (sulfide) groups is 1. The molecule has 29 heavy (non-hydrogen) atoms. The minimum Gasteiger partial charge on any atom is -0.497 e. The molecule has 0 spiro atoms. The standard InChI is InChI=1S/C22H21N3O3S/c1-27-16-8-9-17(20(10-16)28-2)18-11-21(26)25-13-24(15-6-4-3-5-7-15)14-29-22(25)19(18)12-23/h3-10,18H,11,13-14H2,1-2H3/t18-/m1/s1. The first kappa shape index (κ1) is 19.2. The molecular weight excluding hydrogens is 386 g/mol. The first-order valence-corrected chi connectivity index (χ1v) is 10.2. The van der Waals surface area contributed by atoms with Crippen LogP contribution in [0.4, 0.5) is 5.69 Å². The van der Waals surface area contributed by atoms with Crippen molar-refractivity contribution in [2.75, 3.05) is 31.7 Å². The molecule has 1 amide bonds. The van der Waals surface area contributed by atoms with E-state index in [1.165, 1.54) is 11.8 Å². The molecule has 0 N–H and O–H groups in total. The zero-order chi connectivity index (χ0) is 20.4. The van der Waals surface area contributed by atoms with Crippen molar-refractivity contribution >= 4 is 23.4 Å². The highest BCUT2D eigenvalue weighted by Crippen LogP contribution is 2.45. The average molecular weight is 407 g/mol. The van der Waals surface area contributed by atoms with E-state index >= 15 is 0 Å². The number of allylic oxidation sites excluding steroid dienone is 1. The predicted molar refractivity (Wildman–Crippen MR) is 113 cm³/mol. The largest absolute Gasteiger partial charge is 0.497 e. The van der Waals surface area contributed by atoms with Crippen molar-refractivity contribution in [3.63, 3.8) is 0 Å². The maximum absolute atomic E-state index is 13.1. The summed E-state index contributed by atoms with van der Waals surface area (Å²) in [6.45, 7) is 0.447. The molecule has 2 aromatic carbocycles. The highest BCUT2D eigenvalue weighted by atomic mass is 32.2. The fraction of sp³-hybridized carbons (Fsp3) is 0.273. The number of carbonyl (C=O) groups is 1. The maximum Gasteiger partial charge on any atom is 0.229 e. The summed E-state index contributed by atoms with van der Waals surface area (Å²) in [5, 5.41) is 10.7. The molecule has 0 saturated carbocycles. The van der Waals surface area contributed by atoms with E-state index in [2.05, 4.69) is 11.0 Å². The van der Waals surface area contributed by atoms with Crippen LogP contribution in [-0.2, 0) is 4.79 Å². The van der Waals surface area contributed by atoms with E-state index < -0.39 is 0 Å². The van der Waals surface area contributed by atoms with Crippen LogP contribution in [0.3, 0.4) is 0 Å². The van der Waals surface area contributed by atoms with Gasteiger partial charge in [0.05, 0.1) is 43.4 Å². The normalized spacial score (nSPS) is 18.9. The summed E-state index contributed by atoms with van der Waals surface area (Å²) in [6.07, 6.45) is 0.234. The summed E-state index contributed by atoms with van der Waals surface area (Å²) in [5.74, 6) is 1.66. The Morgan fingerprint density at radius 3 is 2.62 bits per heavy atom. The number of para-hydroxylation sites is 1. The van der Waals surface area contributed by atoms with Gasteiger partial charge in [0.15, 0.2) is 0 Å². The van der Waals surface area contributed by atoms with E-state index in [-0.39, 0.29) is 18.2 Å². The molecular formula is C22H21N3O3S. The van der Waals surface area contributed by atoms with Gasteiger partial charge in [0.1, 0.15) is 11.5 Å². The number of carbonyl (C=O) groups excluding carboxylic acids is 1. The highest BCUT2D eigenvalue weighted by molar-refractivity contribution is 8.03. The predicted octanol–water partition coefficient (Wildman–Crippen LogP) is 3.92. The van der Waals surface area contributed by atoms with Gasteiger partial charge >= 0.3 is 0 Å². The van der Waals surface area contributed by atoms with Gasteiger partial charge in [0, 0.05) is 29.7 Å². The molecule has 2 aliphatic rings. The van der Waals surface area contributed by atoms with Gasteiger partial charge in [-0.1, -0.05) is 36.0 Å². The summed E-state index contributed by atoms with van der Waals surface area (Å²) >= 11 is 1.53. The minimum atomic E-state index is -0.324. The van der Waals surface area contributed by atoms with Crippen LogP contribution in [0.1, 0.15) is 17.9 Å². The summed E-state index contributed by atoms with van der Waals surface area (Å²) in [7, 11) is 3.18. The van der Waals surface area contributed by atoms with Crippen LogP contribution in [-0.4, -0.2) is 37.6 Å². The van der Waals surface area contributed by atoms with Crippen LogP contribution in [0.25, 0.3) is 0 Å². The molecule has 2 aliphatic heterocycles. The number of fused-ring (bicyclic) bond motifs is 1. The maximum atomic E-state index is 13.1. The fourth-order valence-electron chi connectivity index (χ4n) is 3.74. The average Bonchev–Trinajstić information content (AvgIpc) is 2.79. The first-order valence-electron chi connectivity index (χ1n) is 9.25. The van der Waals surface area contributed by atoms with E-state index in [0.29, 0.717) is 29.6 Å². The molecule has 2 heterocycles. The number of amides is 1. The zero-order valence-electron chi connectivity index (χ0n) is 16.3. The molecule has 1 atom stereocenters. The Balaban J connectivity index is 1.70. The van der Waals surface area contributed by atoms with E-state index in [0.717, 1.165) is 16.3 Å². The van der Waals surface area contributed by atoms with E-state index in [1.54, 1.807) is 25.2 Å². The minimum absolute atomic E-state index is 0.00926. The Bertz CT molecular complexity index is 1000. The lowest BCUT2D eigenvalue weighted by Crippen LogP contribution is -2.47. The second-order valence-electron chi connectivity index (χ2n) is 6.81. The van der Waals surface area contributed by atoms with Gasteiger partial charge < -0.3 is 14.4 Å². The second kappa shape index (κ2) is 8.10. The van der Waals surface area contributed by atoms with Gasteiger partial charge in [-0.15, -0.1) is 0 Å². The molecule has 0 radical (unpaired) electrons. The van der Waals surface area contributed by atoms with E-state index in [1.807, 2.05) is 42.5 Å². The van der Waals surface area contributed by atoms with Gasteiger partial charge in [-0.2, -0.15) is 5.26 Å². The number of hydrogen-bond donors (Lipinski definition) is 0. The molecule has 6 nitrogen and oxygen atoms in total. The molecule has 1 fully saturated rings. The van der Waals surface area contributed by atoms with Crippen molar-refractivity contribution < 1.29 is 14.3 Å². The van der Waals surface area contributed by atoms with Crippen LogP contribution < -0.4 is 14.4 Å². The van der Waals surface area contributed by atoms with Gasteiger partial charge in [-0.3, -0.25) is 9.69 Å². The summed E-state index contributed by atoms with van der Waals surface area (Å²) < 4.78 is 10.8. The monoisotopic (exact) mass is 407 g/mol. The SMILES string of the molecule is COc1ccc([C@H]2CC(=O)N3CN(c4ccccc4)CSC3=C2C#N)c(OC)c1. The number of ether oxygens (including phenoxy) is 2. The van der Waals surface area contributed by atoms with Crippen molar-refractivity contribution in [1.29, 1.82) is 5.26 Å². The molecule has 0 unspecified atom stereocenters. The molecule has 2 aromatic rings. The lowest BCUT2D eigenvalue weighted by molar-refractivity contribution is -0.129. The molecule has 7 heteroatoms. The molecule has 0 bridgehead atoms. The Kier molecular flexibility index (Phi) is 5.36. The molecule has 0 aromatic heterocycles. The van der Waals surface area contributed by atoms with Gasteiger partial charge in [0.2, 0.25) is 5.91 Å². The third-order valence-corrected chi connectivity index (χ3v) is 6.39. The van der Waals surface area contributed by atoms with Gasteiger partial charge in [0.25, 0.3) is 0 Å². The van der Waals surface area contributed by atoms with Crippen LogP contribution in [0.15, 0.2) is 59.1 Å². The lowest BCUT2D eigenvalue weighted by atomic mass is 9.86. The van der Waals surface area contributed by atoms with Crippen molar-refractivity contribution in [2.45, 2.75) is 12.3 Å². The number of anilines is 1. The Morgan fingerprint density at radius 2 is 1.93 bits per heavy atom. The van der Waals surface area contributed by atoms with Crippen LogP contribution in [0.5, 0.6) is 11.5 Å². The molecule has 0 aliphatic carbocycles. The number of nitrogens with zero attached hydrogens (tertiary/aromatic N) is 3. The Labute approximate surface area is 174 Å². The number of rotatable bonds is 4. The number of methoxy groups -OCH3 is 2. The Morgan fingerprint density at radius 1 is 1.14 bits per heavy atom. The van der Waals surface area contributed by atoms with Crippen molar-refractivity contribution in [2.24, 2.45) is 0 Å². The summed E-state index contributed by atoms with van der Waals surface area (Å²) in [5.41, 5.74) is 2.51. The topological polar surface area (TPSA) is 65.8 Å². The third kappa shape index (κ3) is 3.52. The van der Waals surface area contributed by atoms with Crippen LogP contribution >= 0.6 is 11.8 Å². The smallest absolute Gasteiger partial charge is 0.229 e. The summed E-state index contributed by atoms with van der Waals surface area (Å²) in [4.78, 5) is 16.9. The highest BCUT2D eigenvalue weighted by Gasteiger charge is 2.39. The number of nitriles is 1. The van der Waals surface area contributed by atoms with E-state index in [4.69, 9.17) is 9.47 Å².